The number of para-hydroxylation sites is 1. The fourth-order valence-corrected chi connectivity index (χ4v) is 1.35. The monoisotopic (exact) mass is 252 g/mol. The van der Waals surface area contributed by atoms with Crippen LogP contribution in [0.25, 0.3) is 0 Å². The Morgan fingerprint density at radius 1 is 1.06 bits per heavy atom. The maximum absolute atomic E-state index is 11.4. The summed E-state index contributed by atoms with van der Waals surface area (Å²) in [5, 5.41) is 0. The van der Waals surface area contributed by atoms with Gasteiger partial charge in [0.15, 0.2) is 0 Å². The van der Waals surface area contributed by atoms with Gasteiger partial charge in [-0.15, -0.1) is 0 Å². The van der Waals surface area contributed by atoms with E-state index in [-0.39, 0.29) is 19.0 Å². The topological polar surface area (TPSA) is 61.8 Å². The van der Waals surface area contributed by atoms with E-state index in [1.807, 2.05) is 0 Å². The van der Waals surface area contributed by atoms with Crippen LogP contribution in [0.15, 0.2) is 24.3 Å². The zero-order chi connectivity index (χ0) is 13.4. The second-order valence-corrected chi connectivity index (χ2v) is 3.37. The lowest BCUT2D eigenvalue weighted by molar-refractivity contribution is -0.142. The van der Waals surface area contributed by atoms with Crippen molar-refractivity contribution < 1.29 is 23.8 Å². The molecule has 0 amide bonds. The van der Waals surface area contributed by atoms with Crippen LogP contribution in [0.2, 0.25) is 0 Å². The first-order chi connectivity index (χ1) is 8.67. The quantitative estimate of drug-likeness (QED) is 0.594. The molecule has 1 aromatic carbocycles. The molecule has 5 nitrogen and oxygen atoms in total. The zero-order valence-corrected chi connectivity index (χ0v) is 10.5. The number of esters is 1. The molecule has 0 atom stereocenters. The van der Waals surface area contributed by atoms with Gasteiger partial charge in [-0.25, -0.2) is 4.79 Å². The fraction of sp³-hybridized carbons (Fsp3) is 0.385. The Balaban J connectivity index is 2.73. The van der Waals surface area contributed by atoms with E-state index in [0.29, 0.717) is 17.9 Å². The summed E-state index contributed by atoms with van der Waals surface area (Å²) in [5.41, 5.74) is 0.587. The summed E-state index contributed by atoms with van der Waals surface area (Å²) >= 11 is 0. The standard InChI is InChI=1S/C13H16O5/c1-3-16-12(14)9-10-7-5-6-8-11(10)18-13(15)17-4-2/h5-8H,3-4,9H2,1-2H3. The van der Waals surface area contributed by atoms with Crippen molar-refractivity contribution in [2.75, 3.05) is 13.2 Å². The third-order valence-electron chi connectivity index (χ3n) is 2.07. The van der Waals surface area contributed by atoms with E-state index in [0.717, 1.165) is 0 Å². The molecule has 0 radical (unpaired) electrons. The number of carbonyl (C=O) groups is 2. The molecule has 1 rings (SSSR count). The molecule has 0 N–H and O–H groups in total. The minimum Gasteiger partial charge on any atom is -0.466 e. The van der Waals surface area contributed by atoms with Crippen molar-refractivity contribution in [3.05, 3.63) is 29.8 Å². The van der Waals surface area contributed by atoms with Crippen molar-refractivity contribution in [1.82, 2.24) is 0 Å². The number of hydrogen-bond acceptors (Lipinski definition) is 5. The van der Waals surface area contributed by atoms with Crippen molar-refractivity contribution >= 4 is 12.1 Å². The molecule has 0 unspecified atom stereocenters. The summed E-state index contributed by atoms with van der Waals surface area (Å²) in [6.45, 7) is 3.98. The first kappa shape index (κ1) is 14.0. The van der Waals surface area contributed by atoms with E-state index >= 15 is 0 Å². The lowest BCUT2D eigenvalue weighted by atomic mass is 10.1. The molecule has 1 aromatic rings. The normalized spacial score (nSPS) is 9.67. The van der Waals surface area contributed by atoms with E-state index in [1.54, 1.807) is 38.1 Å². The summed E-state index contributed by atoms with van der Waals surface area (Å²) in [5.74, 6) is -0.0542. The Labute approximate surface area is 106 Å². The summed E-state index contributed by atoms with van der Waals surface area (Å²) in [7, 11) is 0. The average Bonchev–Trinajstić information content (AvgIpc) is 2.32. The average molecular weight is 252 g/mol. The highest BCUT2D eigenvalue weighted by Crippen LogP contribution is 2.19. The van der Waals surface area contributed by atoms with Crippen LogP contribution < -0.4 is 4.74 Å². The maximum Gasteiger partial charge on any atom is 0.513 e. The maximum atomic E-state index is 11.4. The van der Waals surface area contributed by atoms with Crippen LogP contribution in [0.1, 0.15) is 19.4 Å². The van der Waals surface area contributed by atoms with Gasteiger partial charge in [0.2, 0.25) is 0 Å². The van der Waals surface area contributed by atoms with E-state index in [1.165, 1.54) is 0 Å². The highest BCUT2D eigenvalue weighted by Gasteiger charge is 2.12. The molecule has 0 aliphatic carbocycles. The Kier molecular flexibility index (Phi) is 5.70. The van der Waals surface area contributed by atoms with E-state index < -0.39 is 6.16 Å². The van der Waals surface area contributed by atoms with Crippen LogP contribution in [0.5, 0.6) is 5.75 Å². The number of hydrogen-bond donors (Lipinski definition) is 0. The van der Waals surface area contributed by atoms with Crippen molar-refractivity contribution in [3.8, 4) is 5.75 Å². The van der Waals surface area contributed by atoms with Gasteiger partial charge >= 0.3 is 12.1 Å². The molecule has 0 fully saturated rings. The largest absolute Gasteiger partial charge is 0.513 e. The van der Waals surface area contributed by atoms with Crippen molar-refractivity contribution in [2.45, 2.75) is 20.3 Å². The Hall–Kier alpha value is -2.04. The van der Waals surface area contributed by atoms with Crippen LogP contribution >= 0.6 is 0 Å². The molecule has 18 heavy (non-hydrogen) atoms. The van der Waals surface area contributed by atoms with Crippen LogP contribution in [0.3, 0.4) is 0 Å². The van der Waals surface area contributed by atoms with Gasteiger partial charge < -0.3 is 14.2 Å². The second-order valence-electron chi connectivity index (χ2n) is 3.37. The Morgan fingerprint density at radius 2 is 1.72 bits per heavy atom. The van der Waals surface area contributed by atoms with Gasteiger partial charge in [-0.2, -0.15) is 0 Å². The summed E-state index contributed by atoms with van der Waals surface area (Å²) in [6, 6.07) is 6.77. The van der Waals surface area contributed by atoms with Crippen molar-refractivity contribution in [3.63, 3.8) is 0 Å². The van der Waals surface area contributed by atoms with E-state index in [4.69, 9.17) is 9.47 Å². The molecule has 98 valence electrons. The lowest BCUT2D eigenvalue weighted by Crippen LogP contribution is -2.13. The van der Waals surface area contributed by atoms with Crippen LogP contribution in [-0.2, 0) is 20.7 Å². The zero-order valence-electron chi connectivity index (χ0n) is 10.5. The molecule has 0 aliphatic heterocycles. The van der Waals surface area contributed by atoms with Gasteiger partial charge in [0.05, 0.1) is 19.6 Å². The molecular weight excluding hydrogens is 236 g/mol. The highest BCUT2D eigenvalue weighted by molar-refractivity contribution is 5.74. The van der Waals surface area contributed by atoms with Gasteiger partial charge in [-0.3, -0.25) is 4.79 Å². The first-order valence-electron chi connectivity index (χ1n) is 5.75. The number of ether oxygens (including phenoxy) is 3. The fourth-order valence-electron chi connectivity index (χ4n) is 1.35. The molecule has 0 bridgehead atoms. The minimum absolute atomic E-state index is 0.0589. The second kappa shape index (κ2) is 7.32. The van der Waals surface area contributed by atoms with Gasteiger partial charge in [-0.05, 0) is 19.9 Å². The predicted octanol–water partition coefficient (Wildman–Crippen LogP) is 2.33. The molecule has 0 aromatic heterocycles. The molecule has 0 spiro atoms. The van der Waals surface area contributed by atoms with Gasteiger partial charge in [0.25, 0.3) is 0 Å². The third-order valence-corrected chi connectivity index (χ3v) is 2.07. The number of benzene rings is 1. The van der Waals surface area contributed by atoms with Gasteiger partial charge in [-0.1, -0.05) is 18.2 Å². The van der Waals surface area contributed by atoms with Crippen LogP contribution in [0.4, 0.5) is 4.79 Å². The predicted molar refractivity (Wildman–Crippen MR) is 64.4 cm³/mol. The van der Waals surface area contributed by atoms with Crippen molar-refractivity contribution in [1.29, 1.82) is 0 Å². The molecule has 0 aliphatic rings. The molecule has 0 saturated heterocycles. The van der Waals surface area contributed by atoms with E-state index in [9.17, 15) is 9.59 Å². The SMILES string of the molecule is CCOC(=O)Cc1ccccc1OC(=O)OCC. The van der Waals surface area contributed by atoms with Gasteiger partial charge in [0, 0.05) is 5.56 Å². The Bertz CT molecular complexity index is 375. The van der Waals surface area contributed by atoms with Crippen molar-refractivity contribution in [2.24, 2.45) is 0 Å². The summed E-state index contributed by atoms with van der Waals surface area (Å²) < 4.78 is 14.5. The number of carbonyl (C=O) groups excluding carboxylic acids is 2. The van der Waals surface area contributed by atoms with Crippen LogP contribution in [-0.4, -0.2) is 25.3 Å². The highest BCUT2D eigenvalue weighted by atomic mass is 16.7. The first-order valence-corrected chi connectivity index (χ1v) is 5.75. The molecular formula is C13H16O5. The van der Waals surface area contributed by atoms with Gasteiger partial charge in [0.1, 0.15) is 5.75 Å². The van der Waals surface area contributed by atoms with E-state index in [2.05, 4.69) is 4.74 Å². The minimum atomic E-state index is -0.784. The smallest absolute Gasteiger partial charge is 0.466 e. The third kappa shape index (κ3) is 4.45. The lowest BCUT2D eigenvalue weighted by Gasteiger charge is -2.09. The molecule has 0 saturated carbocycles. The number of rotatable bonds is 5. The molecule has 0 heterocycles. The molecule has 5 heteroatoms. The summed E-state index contributed by atoms with van der Waals surface area (Å²) in [6.07, 6.45) is -0.725. The Morgan fingerprint density at radius 3 is 2.39 bits per heavy atom. The van der Waals surface area contributed by atoms with Crippen LogP contribution in [0, 0.1) is 0 Å². The summed E-state index contributed by atoms with van der Waals surface area (Å²) in [4.78, 5) is 22.6.